The van der Waals surface area contributed by atoms with E-state index in [2.05, 4.69) is 35.8 Å². The molecule has 3 fully saturated rings. The van der Waals surface area contributed by atoms with Gasteiger partial charge in [0, 0.05) is 68.0 Å². The van der Waals surface area contributed by atoms with Crippen molar-refractivity contribution in [2.45, 2.75) is 25.2 Å². The molecule has 1 aliphatic carbocycles. The fraction of sp³-hybridized carbons (Fsp3) is 0.579. The molecule has 0 amide bonds. The van der Waals surface area contributed by atoms with Gasteiger partial charge < -0.3 is 14.5 Å². The van der Waals surface area contributed by atoms with Gasteiger partial charge in [0.25, 0.3) is 0 Å². The second kappa shape index (κ2) is 6.37. The monoisotopic (exact) mass is 352 g/mol. The van der Waals surface area contributed by atoms with Crippen molar-refractivity contribution in [3.8, 4) is 5.88 Å². The summed E-state index contributed by atoms with van der Waals surface area (Å²) in [5.41, 5.74) is 1.23. The molecule has 0 N–H and O–H groups in total. The SMILES string of the molecule is COc1ccnc(N2CC3CN(c4cc(C5CCC5)ncn4)CC3C2)n1. The van der Waals surface area contributed by atoms with E-state index in [-0.39, 0.29) is 0 Å². The second-order valence-corrected chi connectivity index (χ2v) is 7.66. The summed E-state index contributed by atoms with van der Waals surface area (Å²) in [5.74, 6) is 4.41. The minimum atomic E-state index is 0.623. The molecule has 7 nitrogen and oxygen atoms in total. The van der Waals surface area contributed by atoms with Crippen molar-refractivity contribution in [2.24, 2.45) is 11.8 Å². The number of hydrogen-bond donors (Lipinski definition) is 0. The van der Waals surface area contributed by atoms with Gasteiger partial charge in [0.2, 0.25) is 11.8 Å². The van der Waals surface area contributed by atoms with Gasteiger partial charge in [-0.05, 0) is 12.8 Å². The average Bonchev–Trinajstić information content (AvgIpc) is 3.20. The third kappa shape index (κ3) is 2.75. The van der Waals surface area contributed by atoms with Crippen LogP contribution in [0.3, 0.4) is 0 Å². The van der Waals surface area contributed by atoms with Gasteiger partial charge in [-0.2, -0.15) is 4.98 Å². The van der Waals surface area contributed by atoms with Crippen LogP contribution in [0.5, 0.6) is 5.88 Å². The summed E-state index contributed by atoms with van der Waals surface area (Å²) in [6, 6.07) is 4.00. The van der Waals surface area contributed by atoms with E-state index >= 15 is 0 Å². The summed E-state index contributed by atoms with van der Waals surface area (Å²) in [4.78, 5) is 22.7. The molecule has 0 radical (unpaired) electrons. The summed E-state index contributed by atoms with van der Waals surface area (Å²) in [5, 5.41) is 0. The van der Waals surface area contributed by atoms with E-state index in [9.17, 15) is 0 Å². The summed E-state index contributed by atoms with van der Waals surface area (Å²) in [6.45, 7) is 4.09. The topological polar surface area (TPSA) is 67.3 Å². The highest BCUT2D eigenvalue weighted by Gasteiger charge is 2.41. The van der Waals surface area contributed by atoms with E-state index in [1.807, 2.05) is 0 Å². The molecule has 2 aliphatic heterocycles. The van der Waals surface area contributed by atoms with E-state index in [1.54, 1.807) is 25.7 Å². The van der Waals surface area contributed by atoms with Crippen LogP contribution in [0.4, 0.5) is 11.8 Å². The Hall–Kier alpha value is -2.44. The highest BCUT2D eigenvalue weighted by molar-refractivity contribution is 5.44. The Kier molecular flexibility index (Phi) is 3.87. The number of anilines is 2. The molecule has 2 atom stereocenters. The Balaban J connectivity index is 1.27. The quantitative estimate of drug-likeness (QED) is 0.835. The van der Waals surface area contributed by atoms with E-state index < -0.39 is 0 Å². The molecule has 3 aliphatic rings. The molecule has 2 aromatic rings. The van der Waals surface area contributed by atoms with Crippen molar-refractivity contribution in [1.82, 2.24) is 19.9 Å². The standard InChI is InChI=1S/C19H24N6O/c1-26-18-5-6-20-19(23-18)25-10-14-8-24(9-15(14)11-25)17-7-16(21-12-22-17)13-3-2-4-13/h5-7,12-15H,2-4,8-11H2,1H3. The fourth-order valence-corrected chi connectivity index (χ4v) is 4.40. The first-order chi connectivity index (χ1) is 12.8. The Morgan fingerprint density at radius 1 is 1.00 bits per heavy atom. The van der Waals surface area contributed by atoms with Gasteiger partial charge in [-0.15, -0.1) is 0 Å². The van der Waals surface area contributed by atoms with E-state index in [0.29, 0.717) is 23.6 Å². The van der Waals surface area contributed by atoms with Crippen LogP contribution in [0.15, 0.2) is 24.7 Å². The summed E-state index contributed by atoms with van der Waals surface area (Å²) in [6.07, 6.45) is 7.40. The maximum Gasteiger partial charge on any atom is 0.228 e. The maximum atomic E-state index is 5.23. The molecule has 0 bridgehead atoms. The zero-order valence-corrected chi connectivity index (χ0v) is 15.1. The van der Waals surface area contributed by atoms with Gasteiger partial charge in [-0.1, -0.05) is 6.42 Å². The largest absolute Gasteiger partial charge is 0.481 e. The van der Waals surface area contributed by atoms with Crippen molar-refractivity contribution in [1.29, 1.82) is 0 Å². The third-order valence-electron chi connectivity index (χ3n) is 6.12. The van der Waals surface area contributed by atoms with Gasteiger partial charge in [0.15, 0.2) is 0 Å². The molecule has 0 aromatic carbocycles. The highest BCUT2D eigenvalue weighted by Crippen LogP contribution is 2.38. The number of rotatable bonds is 4. The van der Waals surface area contributed by atoms with E-state index in [0.717, 1.165) is 37.9 Å². The van der Waals surface area contributed by atoms with Gasteiger partial charge in [-0.3, -0.25) is 0 Å². The molecule has 136 valence electrons. The van der Waals surface area contributed by atoms with Gasteiger partial charge >= 0.3 is 0 Å². The van der Waals surface area contributed by atoms with Crippen molar-refractivity contribution >= 4 is 11.8 Å². The summed E-state index contributed by atoms with van der Waals surface area (Å²) >= 11 is 0. The minimum Gasteiger partial charge on any atom is -0.481 e. The van der Waals surface area contributed by atoms with Gasteiger partial charge in [-0.25, -0.2) is 15.0 Å². The molecular formula is C19H24N6O. The smallest absolute Gasteiger partial charge is 0.228 e. The molecule has 7 heteroatoms. The lowest BCUT2D eigenvalue weighted by atomic mass is 9.83. The van der Waals surface area contributed by atoms with Crippen molar-refractivity contribution in [3.63, 3.8) is 0 Å². The van der Waals surface area contributed by atoms with Gasteiger partial charge in [0.05, 0.1) is 7.11 Å². The Labute approximate surface area is 153 Å². The van der Waals surface area contributed by atoms with Crippen molar-refractivity contribution < 1.29 is 4.74 Å². The molecule has 2 saturated heterocycles. The Morgan fingerprint density at radius 2 is 1.77 bits per heavy atom. The van der Waals surface area contributed by atoms with Crippen LogP contribution in [-0.4, -0.2) is 53.2 Å². The number of hydrogen-bond acceptors (Lipinski definition) is 7. The number of aromatic nitrogens is 4. The molecule has 1 saturated carbocycles. The van der Waals surface area contributed by atoms with Crippen LogP contribution >= 0.6 is 0 Å². The molecular weight excluding hydrogens is 328 g/mol. The fourth-order valence-electron chi connectivity index (χ4n) is 4.40. The van der Waals surface area contributed by atoms with Gasteiger partial charge in [0.1, 0.15) is 12.1 Å². The van der Waals surface area contributed by atoms with E-state index in [1.165, 1.54) is 25.0 Å². The first-order valence-corrected chi connectivity index (χ1v) is 9.49. The third-order valence-corrected chi connectivity index (χ3v) is 6.12. The first-order valence-electron chi connectivity index (χ1n) is 9.49. The molecule has 2 unspecified atom stereocenters. The number of nitrogens with zero attached hydrogens (tertiary/aromatic N) is 6. The molecule has 0 spiro atoms. The molecule has 2 aromatic heterocycles. The molecule has 26 heavy (non-hydrogen) atoms. The van der Waals surface area contributed by atoms with Crippen LogP contribution in [-0.2, 0) is 0 Å². The number of fused-ring (bicyclic) bond motifs is 1. The second-order valence-electron chi connectivity index (χ2n) is 7.66. The van der Waals surface area contributed by atoms with Crippen LogP contribution in [0.1, 0.15) is 30.9 Å². The minimum absolute atomic E-state index is 0.623. The van der Waals surface area contributed by atoms with Crippen LogP contribution < -0.4 is 14.5 Å². The van der Waals surface area contributed by atoms with Crippen molar-refractivity contribution in [3.05, 3.63) is 30.4 Å². The highest BCUT2D eigenvalue weighted by atomic mass is 16.5. The zero-order chi connectivity index (χ0) is 17.5. The van der Waals surface area contributed by atoms with Crippen LogP contribution in [0.25, 0.3) is 0 Å². The molecule has 4 heterocycles. The van der Waals surface area contributed by atoms with Crippen LogP contribution in [0.2, 0.25) is 0 Å². The maximum absolute atomic E-state index is 5.23. The lowest BCUT2D eigenvalue weighted by Crippen LogP contribution is -2.30. The lowest BCUT2D eigenvalue weighted by Gasteiger charge is -2.26. The predicted molar refractivity (Wildman–Crippen MR) is 98.6 cm³/mol. The lowest BCUT2D eigenvalue weighted by molar-refractivity contribution is 0.397. The average molecular weight is 352 g/mol. The molecule has 5 rings (SSSR count). The summed E-state index contributed by atoms with van der Waals surface area (Å²) in [7, 11) is 1.64. The first kappa shape index (κ1) is 15.8. The normalized spacial score (nSPS) is 25.3. The predicted octanol–water partition coefficient (Wildman–Crippen LogP) is 2.12. The summed E-state index contributed by atoms with van der Waals surface area (Å²) < 4.78 is 5.23. The van der Waals surface area contributed by atoms with Crippen LogP contribution in [0, 0.1) is 11.8 Å². The van der Waals surface area contributed by atoms with Crippen molar-refractivity contribution in [2.75, 3.05) is 43.1 Å². The Morgan fingerprint density at radius 3 is 2.46 bits per heavy atom. The Bertz CT molecular complexity index is 781. The number of ether oxygens (including phenoxy) is 1. The zero-order valence-electron chi connectivity index (χ0n) is 15.1. The number of methoxy groups -OCH3 is 1. The van der Waals surface area contributed by atoms with E-state index in [4.69, 9.17) is 4.74 Å².